The Labute approximate surface area is 173 Å². The molecule has 4 rings (SSSR count). The number of aromatic nitrogens is 4. The van der Waals surface area contributed by atoms with Crippen LogP contribution in [0.15, 0.2) is 24.3 Å². The fourth-order valence-electron chi connectivity index (χ4n) is 2.92. The Balaban J connectivity index is 0.00000140. The number of nitrogens with zero attached hydrogens (tertiary/aromatic N) is 3. The van der Waals surface area contributed by atoms with Crippen molar-refractivity contribution in [2.45, 2.75) is 26.2 Å². The molecule has 0 saturated heterocycles. The van der Waals surface area contributed by atoms with Gasteiger partial charge in [0.05, 0.1) is 35.5 Å². The smallest absolute Gasteiger partial charge is 0.246 e. The largest absolute Gasteiger partial charge is 0.364 e. The molecule has 0 fully saturated rings. The minimum Gasteiger partial charge on any atom is -0.364 e. The van der Waals surface area contributed by atoms with Crippen LogP contribution in [0, 0.1) is 5.82 Å². The van der Waals surface area contributed by atoms with Crippen LogP contribution < -0.4 is 10.6 Å². The van der Waals surface area contributed by atoms with Crippen molar-refractivity contribution >= 4 is 41.8 Å². The summed E-state index contributed by atoms with van der Waals surface area (Å²) in [6.45, 7) is 2.97. The van der Waals surface area contributed by atoms with E-state index in [1.165, 1.54) is 12.1 Å². The van der Waals surface area contributed by atoms with Gasteiger partial charge < -0.3 is 20.4 Å². The van der Waals surface area contributed by atoms with Crippen molar-refractivity contribution in [1.29, 1.82) is 0 Å². The molecule has 1 amide bonds. The van der Waals surface area contributed by atoms with Gasteiger partial charge in [-0.15, -0.1) is 24.8 Å². The summed E-state index contributed by atoms with van der Waals surface area (Å²) in [4.78, 5) is 19.2. The Morgan fingerprint density at radius 3 is 3.00 bits per heavy atom. The maximum absolute atomic E-state index is 13.2. The van der Waals surface area contributed by atoms with Crippen LogP contribution in [0.5, 0.6) is 0 Å². The lowest BCUT2D eigenvalue weighted by Crippen LogP contribution is -2.28. The van der Waals surface area contributed by atoms with E-state index in [2.05, 4.69) is 25.7 Å². The highest BCUT2D eigenvalue weighted by Crippen LogP contribution is 2.13. The van der Waals surface area contributed by atoms with Gasteiger partial charge in [-0.2, -0.15) is 5.10 Å². The normalized spacial score (nSPS) is 12.8. The van der Waals surface area contributed by atoms with E-state index in [-0.39, 0.29) is 49.8 Å². The molecule has 0 aliphatic carbocycles. The first-order valence-corrected chi connectivity index (χ1v) is 8.42. The molecule has 28 heavy (non-hydrogen) atoms. The summed E-state index contributed by atoms with van der Waals surface area (Å²) in [5.41, 5.74) is 3.22. The maximum atomic E-state index is 13.2. The summed E-state index contributed by atoms with van der Waals surface area (Å²) < 4.78 is 20.5. The fourth-order valence-corrected chi connectivity index (χ4v) is 2.92. The Hall–Kier alpha value is -2.20. The van der Waals surface area contributed by atoms with Gasteiger partial charge in [-0.1, -0.05) is 0 Å². The molecule has 11 heteroatoms. The van der Waals surface area contributed by atoms with E-state index >= 15 is 0 Å². The topological polar surface area (TPSA) is 96.9 Å². The van der Waals surface area contributed by atoms with Gasteiger partial charge in [0.2, 0.25) is 5.91 Å². The average Bonchev–Trinajstić information content (AvgIpc) is 3.22. The fraction of sp³-hybridized carbons (Fsp3) is 0.353. The van der Waals surface area contributed by atoms with Crippen LogP contribution in [0.2, 0.25) is 0 Å². The zero-order valence-corrected chi connectivity index (χ0v) is 16.5. The van der Waals surface area contributed by atoms with Crippen molar-refractivity contribution in [3.63, 3.8) is 0 Å². The lowest BCUT2D eigenvalue weighted by Gasteiger charge is -2.13. The van der Waals surface area contributed by atoms with Crippen molar-refractivity contribution in [2.75, 3.05) is 13.2 Å². The number of ether oxygens (including phenoxy) is 1. The van der Waals surface area contributed by atoms with Crippen LogP contribution in [-0.2, 0) is 35.8 Å². The van der Waals surface area contributed by atoms with Crippen LogP contribution in [0.4, 0.5) is 4.39 Å². The zero-order valence-electron chi connectivity index (χ0n) is 14.9. The molecule has 1 aromatic carbocycles. The number of H-pyrrole nitrogens is 1. The Morgan fingerprint density at radius 1 is 1.32 bits per heavy atom. The summed E-state index contributed by atoms with van der Waals surface area (Å²) in [7, 11) is 0. The predicted octanol–water partition coefficient (Wildman–Crippen LogP) is 1.68. The quantitative estimate of drug-likeness (QED) is 0.552. The first-order valence-electron chi connectivity index (χ1n) is 8.42. The van der Waals surface area contributed by atoms with Crippen LogP contribution in [0.25, 0.3) is 11.0 Å². The molecule has 0 bridgehead atoms. The number of halogens is 3. The minimum absolute atomic E-state index is 0. The minimum atomic E-state index is -0.329. The third-order valence-electron chi connectivity index (χ3n) is 4.15. The molecule has 8 nitrogen and oxygen atoms in total. The second-order valence-electron chi connectivity index (χ2n) is 6.14. The van der Waals surface area contributed by atoms with Crippen LogP contribution in [-0.4, -0.2) is 38.8 Å². The van der Waals surface area contributed by atoms with Gasteiger partial charge in [-0.3, -0.25) is 9.48 Å². The number of amides is 1. The third kappa shape index (κ3) is 5.20. The molecule has 0 spiro atoms. The second-order valence-corrected chi connectivity index (χ2v) is 6.14. The van der Waals surface area contributed by atoms with Crippen molar-refractivity contribution in [3.8, 4) is 0 Å². The standard InChI is InChI=1S/C17H19FN6O2.2ClH/c18-11-1-2-14-15(5-11)22-16(21-14)9-26-10-17(25)20-7-12-6-13-8-19-3-4-24(13)23-12;;/h1-2,5-6,19H,3-4,7-10H2,(H,20,25)(H,21,22);2*1H. The summed E-state index contributed by atoms with van der Waals surface area (Å²) in [6.07, 6.45) is 0. The van der Waals surface area contributed by atoms with E-state index in [4.69, 9.17) is 4.74 Å². The van der Waals surface area contributed by atoms with Gasteiger partial charge in [0.15, 0.2) is 0 Å². The number of fused-ring (bicyclic) bond motifs is 2. The number of carbonyl (C=O) groups is 1. The van der Waals surface area contributed by atoms with E-state index in [1.54, 1.807) is 6.07 Å². The molecule has 0 radical (unpaired) electrons. The van der Waals surface area contributed by atoms with Gasteiger partial charge in [0.25, 0.3) is 0 Å². The van der Waals surface area contributed by atoms with Crippen LogP contribution in [0.3, 0.4) is 0 Å². The number of nitrogens with one attached hydrogen (secondary N) is 3. The lowest BCUT2D eigenvalue weighted by atomic mass is 10.3. The molecule has 3 heterocycles. The van der Waals surface area contributed by atoms with Crippen LogP contribution in [0.1, 0.15) is 17.2 Å². The first-order chi connectivity index (χ1) is 12.7. The number of imidazole rings is 1. The number of rotatable bonds is 6. The number of aromatic amines is 1. The molecule has 3 N–H and O–H groups in total. The molecule has 3 aromatic rings. The number of benzene rings is 1. The molecule has 152 valence electrons. The average molecular weight is 431 g/mol. The van der Waals surface area contributed by atoms with E-state index < -0.39 is 0 Å². The molecular formula is C17H21Cl2FN6O2. The van der Waals surface area contributed by atoms with Gasteiger partial charge in [0.1, 0.15) is 24.9 Å². The van der Waals surface area contributed by atoms with Gasteiger partial charge in [-0.05, 0) is 24.3 Å². The molecule has 0 atom stereocenters. The van der Waals surface area contributed by atoms with Gasteiger partial charge in [0, 0.05) is 13.1 Å². The van der Waals surface area contributed by atoms with Crippen molar-refractivity contribution in [1.82, 2.24) is 30.4 Å². The molecule has 2 aromatic heterocycles. The lowest BCUT2D eigenvalue weighted by molar-refractivity contribution is -0.126. The van der Waals surface area contributed by atoms with E-state index in [0.29, 0.717) is 23.4 Å². The first kappa shape index (κ1) is 22.1. The summed E-state index contributed by atoms with van der Waals surface area (Å²) in [5.74, 6) is -0.00586. The molecule has 1 aliphatic heterocycles. The number of hydrogen-bond donors (Lipinski definition) is 3. The summed E-state index contributed by atoms with van der Waals surface area (Å²) in [6, 6.07) is 6.31. The number of hydrogen-bond acceptors (Lipinski definition) is 5. The summed E-state index contributed by atoms with van der Waals surface area (Å²) >= 11 is 0. The van der Waals surface area contributed by atoms with Crippen molar-refractivity contribution < 1.29 is 13.9 Å². The Morgan fingerprint density at radius 2 is 2.18 bits per heavy atom. The third-order valence-corrected chi connectivity index (χ3v) is 4.15. The van der Waals surface area contributed by atoms with E-state index in [0.717, 1.165) is 31.0 Å². The predicted molar refractivity (Wildman–Crippen MR) is 106 cm³/mol. The zero-order chi connectivity index (χ0) is 17.9. The van der Waals surface area contributed by atoms with Crippen LogP contribution >= 0.6 is 24.8 Å². The Bertz CT molecular complexity index is 922. The van der Waals surface area contributed by atoms with Gasteiger partial charge >= 0.3 is 0 Å². The highest BCUT2D eigenvalue weighted by molar-refractivity contribution is 5.85. The summed E-state index contributed by atoms with van der Waals surface area (Å²) in [5, 5.41) is 10.5. The molecule has 0 unspecified atom stereocenters. The highest BCUT2D eigenvalue weighted by Gasteiger charge is 2.12. The molecular weight excluding hydrogens is 410 g/mol. The van der Waals surface area contributed by atoms with Crippen molar-refractivity contribution in [2.24, 2.45) is 0 Å². The number of carbonyl (C=O) groups excluding carboxylic acids is 1. The SMILES string of the molecule is Cl.Cl.O=C(COCc1nc2ccc(F)cc2[nH]1)NCc1cc2n(n1)CCNC2. The Kier molecular flexibility index (Phi) is 7.76. The van der Waals surface area contributed by atoms with Crippen molar-refractivity contribution in [3.05, 3.63) is 47.3 Å². The van der Waals surface area contributed by atoms with E-state index in [1.807, 2.05) is 10.7 Å². The van der Waals surface area contributed by atoms with Gasteiger partial charge in [-0.25, -0.2) is 9.37 Å². The van der Waals surface area contributed by atoms with E-state index in [9.17, 15) is 9.18 Å². The maximum Gasteiger partial charge on any atom is 0.246 e. The monoisotopic (exact) mass is 430 g/mol. The second kappa shape index (κ2) is 9.83. The molecule has 1 aliphatic rings. The molecule has 0 saturated carbocycles. The highest BCUT2D eigenvalue weighted by atomic mass is 35.5.